The lowest BCUT2D eigenvalue weighted by Gasteiger charge is -2.30. The standard InChI is InChI=1S/C27H35N3O6/c1-17(28)20(16-31)24(32)30-23(18-7-5-3-2-4-6-8-18)25(33)29-19-9-10-21-22(15-19)36-26(34)27(21)11-13-35-14-12-27/h9-10,15-16,18,23,28,31H,2-8,11-14H2,1H3,(H,29,33)(H,30,32)/b20-16+,28-17?. The lowest BCUT2D eigenvalue weighted by Crippen LogP contribution is -2.49. The number of anilines is 1. The molecule has 194 valence electrons. The van der Waals surface area contributed by atoms with E-state index in [1.807, 2.05) is 6.07 Å². The van der Waals surface area contributed by atoms with E-state index in [4.69, 9.17) is 14.9 Å². The zero-order valence-corrected chi connectivity index (χ0v) is 20.7. The molecule has 4 N–H and O–H groups in total. The van der Waals surface area contributed by atoms with E-state index >= 15 is 0 Å². The van der Waals surface area contributed by atoms with Crippen LogP contribution in [0.4, 0.5) is 5.69 Å². The van der Waals surface area contributed by atoms with E-state index < -0.39 is 17.4 Å². The molecule has 1 aliphatic carbocycles. The van der Waals surface area contributed by atoms with Crippen LogP contribution >= 0.6 is 0 Å². The van der Waals surface area contributed by atoms with Crippen LogP contribution in [0.1, 0.15) is 70.3 Å². The molecule has 1 saturated heterocycles. The Kier molecular flexibility index (Phi) is 8.08. The first-order valence-electron chi connectivity index (χ1n) is 12.8. The number of nitrogens with one attached hydrogen (secondary N) is 3. The normalized spacial score (nSPS) is 21.0. The third-order valence-corrected chi connectivity index (χ3v) is 7.67. The molecule has 1 saturated carbocycles. The first kappa shape index (κ1) is 25.9. The minimum Gasteiger partial charge on any atom is -0.515 e. The molecule has 2 aliphatic heterocycles. The molecule has 4 rings (SSSR count). The Morgan fingerprint density at radius 3 is 2.44 bits per heavy atom. The van der Waals surface area contributed by atoms with Gasteiger partial charge in [0.25, 0.3) is 5.91 Å². The van der Waals surface area contributed by atoms with Crippen LogP contribution in [-0.2, 0) is 24.5 Å². The van der Waals surface area contributed by atoms with Gasteiger partial charge in [0.05, 0.1) is 11.8 Å². The van der Waals surface area contributed by atoms with Crippen LogP contribution in [0.3, 0.4) is 0 Å². The second-order valence-corrected chi connectivity index (χ2v) is 10.0. The monoisotopic (exact) mass is 497 g/mol. The molecule has 36 heavy (non-hydrogen) atoms. The first-order valence-corrected chi connectivity index (χ1v) is 12.8. The number of hydrogen-bond acceptors (Lipinski definition) is 7. The van der Waals surface area contributed by atoms with Crippen molar-refractivity contribution >= 4 is 29.2 Å². The molecule has 1 unspecified atom stereocenters. The molecule has 0 aromatic heterocycles. The largest absolute Gasteiger partial charge is 0.515 e. The highest BCUT2D eigenvalue weighted by Gasteiger charge is 2.50. The number of ether oxygens (including phenoxy) is 2. The van der Waals surface area contributed by atoms with Gasteiger partial charge in [-0.15, -0.1) is 0 Å². The SMILES string of the molecule is CC(=N)/C(=C\O)C(=O)NC(C(=O)Nc1ccc2c(c1)OC(=O)C21CCOCC1)C1CCCCCCC1. The van der Waals surface area contributed by atoms with Crippen molar-refractivity contribution in [2.24, 2.45) is 5.92 Å². The molecular weight excluding hydrogens is 462 g/mol. The Balaban J connectivity index is 1.55. The van der Waals surface area contributed by atoms with Gasteiger partial charge in [-0.05, 0) is 44.6 Å². The predicted octanol–water partition coefficient (Wildman–Crippen LogP) is 3.92. The van der Waals surface area contributed by atoms with Crippen LogP contribution in [0, 0.1) is 11.3 Å². The van der Waals surface area contributed by atoms with Gasteiger partial charge in [0.15, 0.2) is 0 Å². The third kappa shape index (κ3) is 5.31. The highest BCUT2D eigenvalue weighted by Crippen LogP contribution is 2.47. The average Bonchev–Trinajstić information content (AvgIpc) is 3.08. The molecule has 1 aromatic carbocycles. The van der Waals surface area contributed by atoms with Crippen molar-refractivity contribution in [2.45, 2.75) is 76.2 Å². The van der Waals surface area contributed by atoms with E-state index in [-0.39, 0.29) is 29.1 Å². The number of aliphatic hydroxyl groups is 1. The van der Waals surface area contributed by atoms with Crippen molar-refractivity contribution in [2.75, 3.05) is 18.5 Å². The summed E-state index contributed by atoms with van der Waals surface area (Å²) in [6, 6.07) is 4.42. The van der Waals surface area contributed by atoms with E-state index in [0.717, 1.165) is 44.1 Å². The Labute approximate surface area is 211 Å². The number of benzene rings is 1. The van der Waals surface area contributed by atoms with Crippen LogP contribution in [0.25, 0.3) is 0 Å². The fraction of sp³-hybridized carbons (Fsp3) is 0.556. The predicted molar refractivity (Wildman–Crippen MR) is 134 cm³/mol. The minimum absolute atomic E-state index is 0.0713. The Bertz CT molecular complexity index is 1050. The summed E-state index contributed by atoms with van der Waals surface area (Å²) in [6.45, 7) is 2.40. The molecule has 1 aromatic rings. The Morgan fingerprint density at radius 2 is 1.81 bits per heavy atom. The summed E-state index contributed by atoms with van der Waals surface area (Å²) in [6.07, 6.45) is 8.61. The van der Waals surface area contributed by atoms with Gasteiger partial charge in [-0.25, -0.2) is 0 Å². The molecule has 1 atom stereocenters. The van der Waals surface area contributed by atoms with Crippen molar-refractivity contribution in [1.29, 1.82) is 5.41 Å². The first-order chi connectivity index (χ1) is 17.4. The summed E-state index contributed by atoms with van der Waals surface area (Å²) in [5, 5.41) is 22.9. The molecule has 9 nitrogen and oxygen atoms in total. The topological polar surface area (TPSA) is 138 Å². The molecule has 0 bridgehead atoms. The summed E-state index contributed by atoms with van der Waals surface area (Å²) < 4.78 is 11.0. The lowest BCUT2D eigenvalue weighted by atomic mass is 9.75. The number of rotatable bonds is 6. The van der Waals surface area contributed by atoms with Gasteiger partial charge in [0, 0.05) is 36.2 Å². The zero-order chi connectivity index (χ0) is 25.7. The second kappa shape index (κ2) is 11.2. The molecule has 1 spiro atoms. The highest BCUT2D eigenvalue weighted by molar-refractivity contribution is 6.20. The summed E-state index contributed by atoms with van der Waals surface area (Å²) in [4.78, 5) is 39.0. The molecule has 9 heteroatoms. The summed E-state index contributed by atoms with van der Waals surface area (Å²) >= 11 is 0. The van der Waals surface area contributed by atoms with Gasteiger partial charge in [0.2, 0.25) is 5.91 Å². The number of amides is 2. The third-order valence-electron chi connectivity index (χ3n) is 7.67. The summed E-state index contributed by atoms with van der Waals surface area (Å²) in [7, 11) is 0. The van der Waals surface area contributed by atoms with Crippen molar-refractivity contribution in [3.8, 4) is 5.75 Å². The van der Waals surface area contributed by atoms with Crippen molar-refractivity contribution in [1.82, 2.24) is 5.32 Å². The van der Waals surface area contributed by atoms with Gasteiger partial charge in [-0.1, -0.05) is 38.2 Å². The Hall–Kier alpha value is -3.20. The van der Waals surface area contributed by atoms with Crippen molar-refractivity contribution in [3.05, 3.63) is 35.6 Å². The maximum atomic E-state index is 13.5. The summed E-state index contributed by atoms with van der Waals surface area (Å²) in [5.74, 6) is -0.945. The molecule has 2 heterocycles. The van der Waals surface area contributed by atoms with E-state index in [2.05, 4.69) is 10.6 Å². The lowest BCUT2D eigenvalue weighted by molar-refractivity contribution is -0.141. The van der Waals surface area contributed by atoms with Gasteiger partial charge < -0.3 is 30.6 Å². The number of aliphatic hydroxyl groups excluding tert-OH is 1. The summed E-state index contributed by atoms with van der Waals surface area (Å²) in [5.41, 5.74) is 0.335. The molecule has 2 fully saturated rings. The maximum absolute atomic E-state index is 13.5. The number of esters is 1. The van der Waals surface area contributed by atoms with Gasteiger partial charge in [-0.3, -0.25) is 14.4 Å². The van der Waals surface area contributed by atoms with E-state index in [0.29, 0.717) is 43.8 Å². The number of carbonyl (C=O) groups is 3. The number of fused-ring (bicyclic) bond motifs is 2. The molecule has 0 radical (unpaired) electrons. The van der Waals surface area contributed by atoms with Crippen LogP contribution < -0.4 is 15.4 Å². The van der Waals surface area contributed by atoms with Crippen molar-refractivity contribution < 1.29 is 29.0 Å². The van der Waals surface area contributed by atoms with Gasteiger partial charge >= 0.3 is 5.97 Å². The second-order valence-electron chi connectivity index (χ2n) is 10.0. The molecule has 2 amide bonds. The highest BCUT2D eigenvalue weighted by atomic mass is 16.5. The quantitative estimate of drug-likeness (QED) is 0.155. The van der Waals surface area contributed by atoms with Crippen LogP contribution in [0.5, 0.6) is 5.75 Å². The average molecular weight is 498 g/mol. The zero-order valence-electron chi connectivity index (χ0n) is 20.7. The van der Waals surface area contributed by atoms with Crippen LogP contribution in [-0.4, -0.2) is 47.9 Å². The fourth-order valence-corrected chi connectivity index (χ4v) is 5.56. The van der Waals surface area contributed by atoms with E-state index in [1.54, 1.807) is 12.1 Å². The Morgan fingerprint density at radius 1 is 1.14 bits per heavy atom. The van der Waals surface area contributed by atoms with Crippen molar-refractivity contribution in [3.63, 3.8) is 0 Å². The van der Waals surface area contributed by atoms with Gasteiger partial charge in [0.1, 0.15) is 17.2 Å². The van der Waals surface area contributed by atoms with Crippen LogP contribution in [0.15, 0.2) is 30.0 Å². The molecular formula is C27H35N3O6. The number of carbonyl (C=O) groups excluding carboxylic acids is 3. The van der Waals surface area contributed by atoms with E-state index in [1.165, 1.54) is 13.3 Å². The van der Waals surface area contributed by atoms with Gasteiger partial charge in [-0.2, -0.15) is 0 Å². The van der Waals surface area contributed by atoms with E-state index in [9.17, 15) is 19.5 Å². The fourth-order valence-electron chi connectivity index (χ4n) is 5.56. The molecule has 3 aliphatic rings. The smallest absolute Gasteiger partial charge is 0.322 e. The minimum atomic E-state index is -0.831. The van der Waals surface area contributed by atoms with Crippen LogP contribution in [0.2, 0.25) is 0 Å². The number of hydrogen-bond donors (Lipinski definition) is 4. The maximum Gasteiger partial charge on any atom is 0.322 e.